The Balaban J connectivity index is 1.62. The molecule has 0 radical (unpaired) electrons. The number of aryl methyl sites for hydroxylation is 1. The first-order chi connectivity index (χ1) is 12.6. The Labute approximate surface area is 152 Å². The molecule has 11 heteroatoms. The average molecular weight is 409 g/mol. The highest BCUT2D eigenvalue weighted by Crippen LogP contribution is 2.42. The number of halogens is 5. The van der Waals surface area contributed by atoms with E-state index in [1.54, 1.807) is 0 Å². The van der Waals surface area contributed by atoms with Crippen LogP contribution in [-0.4, -0.2) is 24.7 Å². The Bertz CT molecular complexity index is 936. The molecule has 0 atom stereocenters. The first-order valence-electron chi connectivity index (χ1n) is 8.17. The SMILES string of the molecule is O=S(=O)(NCCCn1nc(C(F)(F)F)cc1C1CC1)c1ccc(F)cc1F. The molecule has 1 saturated carbocycles. The second-order valence-corrected chi connectivity index (χ2v) is 8.01. The fourth-order valence-corrected chi connectivity index (χ4v) is 3.79. The predicted octanol–water partition coefficient (Wildman–Crippen LogP) is 3.43. The lowest BCUT2D eigenvalue weighted by Crippen LogP contribution is -2.26. The van der Waals surface area contributed by atoms with Crippen molar-refractivity contribution in [1.29, 1.82) is 0 Å². The molecule has 148 valence electrons. The van der Waals surface area contributed by atoms with Crippen LogP contribution in [0, 0.1) is 11.6 Å². The van der Waals surface area contributed by atoms with Crippen LogP contribution < -0.4 is 4.72 Å². The van der Waals surface area contributed by atoms with Gasteiger partial charge in [0.2, 0.25) is 10.0 Å². The summed E-state index contributed by atoms with van der Waals surface area (Å²) in [5.41, 5.74) is -0.492. The molecule has 1 heterocycles. The molecule has 1 fully saturated rings. The van der Waals surface area contributed by atoms with Crippen LogP contribution in [0.5, 0.6) is 0 Å². The minimum atomic E-state index is -4.55. The number of nitrogens with one attached hydrogen (secondary N) is 1. The summed E-state index contributed by atoms with van der Waals surface area (Å²) in [6, 6.07) is 3.11. The van der Waals surface area contributed by atoms with Gasteiger partial charge in [-0.05, 0) is 37.5 Å². The highest BCUT2D eigenvalue weighted by atomic mass is 32.2. The van der Waals surface area contributed by atoms with Crippen LogP contribution in [0.4, 0.5) is 22.0 Å². The van der Waals surface area contributed by atoms with Crippen LogP contribution in [0.3, 0.4) is 0 Å². The molecule has 0 amide bonds. The third kappa shape index (κ3) is 4.64. The quantitative estimate of drug-likeness (QED) is 0.563. The van der Waals surface area contributed by atoms with Gasteiger partial charge >= 0.3 is 6.18 Å². The van der Waals surface area contributed by atoms with E-state index in [1.807, 2.05) is 0 Å². The summed E-state index contributed by atoms with van der Waals surface area (Å²) in [4.78, 5) is -0.694. The molecule has 0 unspecified atom stereocenters. The van der Waals surface area contributed by atoms with Gasteiger partial charge in [-0.3, -0.25) is 4.68 Å². The van der Waals surface area contributed by atoms with E-state index in [2.05, 4.69) is 9.82 Å². The summed E-state index contributed by atoms with van der Waals surface area (Å²) in [5.74, 6) is -2.09. The molecule has 3 rings (SSSR count). The van der Waals surface area contributed by atoms with E-state index < -0.39 is 38.4 Å². The van der Waals surface area contributed by atoms with E-state index in [4.69, 9.17) is 0 Å². The van der Waals surface area contributed by atoms with E-state index >= 15 is 0 Å². The van der Waals surface area contributed by atoms with Gasteiger partial charge in [-0.25, -0.2) is 21.9 Å². The van der Waals surface area contributed by atoms with Gasteiger partial charge in [-0.15, -0.1) is 0 Å². The summed E-state index contributed by atoms with van der Waals surface area (Å²) in [6.45, 7) is -0.0548. The number of benzene rings is 1. The Kier molecular flexibility index (Phi) is 5.26. The molecule has 0 aliphatic heterocycles. The van der Waals surface area contributed by atoms with Crippen molar-refractivity contribution in [1.82, 2.24) is 14.5 Å². The Morgan fingerprint density at radius 1 is 1.19 bits per heavy atom. The molecular formula is C16H16F5N3O2S. The van der Waals surface area contributed by atoms with Gasteiger partial charge in [-0.1, -0.05) is 0 Å². The summed E-state index contributed by atoms with van der Waals surface area (Å²) >= 11 is 0. The Morgan fingerprint density at radius 2 is 1.89 bits per heavy atom. The maximum absolute atomic E-state index is 13.6. The lowest BCUT2D eigenvalue weighted by atomic mass is 10.2. The molecule has 5 nitrogen and oxygen atoms in total. The summed E-state index contributed by atoms with van der Waals surface area (Å²) < 4.78 is 92.5. The predicted molar refractivity (Wildman–Crippen MR) is 85.4 cm³/mol. The van der Waals surface area contributed by atoms with E-state index in [0.29, 0.717) is 11.8 Å². The molecule has 2 aromatic rings. The zero-order valence-electron chi connectivity index (χ0n) is 13.9. The highest BCUT2D eigenvalue weighted by molar-refractivity contribution is 7.89. The molecule has 1 aromatic heterocycles. The molecule has 1 N–H and O–H groups in total. The molecule has 1 aliphatic carbocycles. The van der Waals surface area contributed by atoms with Gasteiger partial charge < -0.3 is 0 Å². The lowest BCUT2D eigenvalue weighted by molar-refractivity contribution is -0.141. The Morgan fingerprint density at radius 3 is 2.48 bits per heavy atom. The van der Waals surface area contributed by atoms with Crippen molar-refractivity contribution in [3.8, 4) is 0 Å². The van der Waals surface area contributed by atoms with Crippen molar-refractivity contribution in [2.45, 2.75) is 42.8 Å². The standard InChI is InChI=1S/C16H16F5N3O2S/c17-11-4-5-14(12(18)8-11)27(25,26)22-6-1-7-24-13(10-2-3-10)9-15(23-24)16(19,20)21/h4-5,8-10,22H,1-3,6-7H2. The second-order valence-electron chi connectivity index (χ2n) is 6.28. The van der Waals surface area contributed by atoms with Gasteiger partial charge in [0.05, 0.1) is 0 Å². The highest BCUT2D eigenvalue weighted by Gasteiger charge is 2.37. The summed E-state index contributed by atoms with van der Waals surface area (Å²) in [7, 11) is -4.20. The largest absolute Gasteiger partial charge is 0.435 e. The molecule has 27 heavy (non-hydrogen) atoms. The number of nitrogens with zero attached hydrogens (tertiary/aromatic N) is 2. The minimum absolute atomic E-state index is 0.0404. The van der Waals surface area contributed by atoms with Crippen LogP contribution in [-0.2, 0) is 22.7 Å². The van der Waals surface area contributed by atoms with Crippen LogP contribution in [0.15, 0.2) is 29.2 Å². The molecule has 1 aromatic carbocycles. The van der Waals surface area contributed by atoms with Crippen molar-refractivity contribution < 1.29 is 30.4 Å². The smallest absolute Gasteiger partial charge is 0.269 e. The monoisotopic (exact) mass is 409 g/mol. The van der Waals surface area contributed by atoms with Crippen molar-refractivity contribution in [3.63, 3.8) is 0 Å². The van der Waals surface area contributed by atoms with Gasteiger partial charge in [-0.2, -0.15) is 18.3 Å². The van der Waals surface area contributed by atoms with E-state index in [-0.39, 0.29) is 25.4 Å². The van der Waals surface area contributed by atoms with Crippen molar-refractivity contribution >= 4 is 10.0 Å². The second kappa shape index (κ2) is 7.19. The van der Waals surface area contributed by atoms with Crippen molar-refractivity contribution in [2.24, 2.45) is 0 Å². The van der Waals surface area contributed by atoms with Gasteiger partial charge in [0.25, 0.3) is 0 Å². The normalized spacial score (nSPS) is 15.3. The number of aromatic nitrogens is 2. The fraction of sp³-hybridized carbons (Fsp3) is 0.438. The van der Waals surface area contributed by atoms with Gasteiger partial charge in [0, 0.05) is 30.8 Å². The first kappa shape index (κ1) is 19.7. The van der Waals surface area contributed by atoms with E-state index in [0.717, 1.165) is 31.0 Å². The fourth-order valence-electron chi connectivity index (χ4n) is 2.66. The number of hydrogen-bond donors (Lipinski definition) is 1. The van der Waals surface area contributed by atoms with Crippen LogP contribution in [0.25, 0.3) is 0 Å². The maximum atomic E-state index is 13.6. The number of alkyl halides is 3. The van der Waals surface area contributed by atoms with Gasteiger partial charge in [0.15, 0.2) is 5.69 Å². The van der Waals surface area contributed by atoms with Crippen LogP contribution >= 0.6 is 0 Å². The number of rotatable bonds is 7. The topological polar surface area (TPSA) is 64.0 Å². The van der Waals surface area contributed by atoms with Crippen molar-refractivity contribution in [3.05, 3.63) is 47.3 Å². The zero-order valence-corrected chi connectivity index (χ0v) is 14.7. The van der Waals surface area contributed by atoms with Crippen LogP contribution in [0.1, 0.15) is 36.6 Å². The third-order valence-corrected chi connectivity index (χ3v) is 5.61. The van der Waals surface area contributed by atoms with E-state index in [9.17, 15) is 30.4 Å². The zero-order chi connectivity index (χ0) is 19.8. The average Bonchev–Trinajstić information content (AvgIpc) is 3.29. The van der Waals surface area contributed by atoms with E-state index in [1.165, 1.54) is 4.68 Å². The molecule has 0 bridgehead atoms. The lowest BCUT2D eigenvalue weighted by Gasteiger charge is -2.09. The summed E-state index contributed by atoms with van der Waals surface area (Å²) in [6.07, 6.45) is -2.81. The molecule has 0 spiro atoms. The summed E-state index contributed by atoms with van der Waals surface area (Å²) in [5, 5.41) is 3.57. The third-order valence-electron chi connectivity index (χ3n) is 4.12. The maximum Gasteiger partial charge on any atom is 0.435 e. The number of hydrogen-bond acceptors (Lipinski definition) is 3. The Hall–Kier alpha value is -2.01. The minimum Gasteiger partial charge on any atom is -0.269 e. The molecule has 0 saturated heterocycles. The number of sulfonamides is 1. The van der Waals surface area contributed by atoms with Gasteiger partial charge in [0.1, 0.15) is 16.5 Å². The molecule has 1 aliphatic rings. The molecular weight excluding hydrogens is 393 g/mol. The first-order valence-corrected chi connectivity index (χ1v) is 9.66. The van der Waals surface area contributed by atoms with Crippen molar-refractivity contribution in [2.75, 3.05) is 6.54 Å². The van der Waals surface area contributed by atoms with Crippen LogP contribution in [0.2, 0.25) is 0 Å².